The Morgan fingerprint density at radius 3 is 2.92 bits per heavy atom. The Labute approximate surface area is 74.3 Å². The second kappa shape index (κ2) is 2.98. The second-order valence-electron chi connectivity index (χ2n) is 4.35. The molecule has 0 aromatic heterocycles. The van der Waals surface area contributed by atoms with Crippen LogP contribution in [0.3, 0.4) is 0 Å². The van der Waals surface area contributed by atoms with Crippen molar-refractivity contribution in [3.63, 3.8) is 0 Å². The first kappa shape index (κ1) is 8.48. The Balaban J connectivity index is 1.88. The van der Waals surface area contributed by atoms with E-state index in [1.807, 2.05) is 0 Å². The molecule has 0 aromatic carbocycles. The van der Waals surface area contributed by atoms with Gasteiger partial charge in [0.05, 0.1) is 0 Å². The largest absolute Gasteiger partial charge is 0.329 e. The van der Waals surface area contributed by atoms with Crippen molar-refractivity contribution in [3.8, 4) is 0 Å². The highest BCUT2D eigenvalue weighted by Gasteiger charge is 2.53. The molecule has 1 aliphatic heterocycles. The van der Waals surface area contributed by atoms with Crippen LogP contribution in [0.5, 0.6) is 0 Å². The topological polar surface area (TPSA) is 41.3 Å². The lowest BCUT2D eigenvalue weighted by atomic mass is 10.0. The zero-order chi connectivity index (χ0) is 8.60. The number of hydrogen-bond acceptors (Lipinski definition) is 3. The molecule has 0 bridgehead atoms. The number of nitrogens with zero attached hydrogens (tertiary/aromatic N) is 1. The number of likely N-dealkylation sites (tertiary alicyclic amines) is 1. The molecule has 1 atom stereocenters. The molecule has 0 radical (unpaired) electrons. The molecule has 0 aromatic rings. The zero-order valence-corrected chi connectivity index (χ0v) is 7.84. The van der Waals surface area contributed by atoms with Gasteiger partial charge in [-0.15, -0.1) is 0 Å². The van der Waals surface area contributed by atoms with Gasteiger partial charge in [-0.05, 0) is 25.3 Å². The third-order valence-corrected chi connectivity index (χ3v) is 3.25. The van der Waals surface area contributed by atoms with Crippen LogP contribution in [-0.2, 0) is 0 Å². The van der Waals surface area contributed by atoms with Gasteiger partial charge < -0.3 is 16.0 Å². The predicted molar refractivity (Wildman–Crippen MR) is 50.0 cm³/mol. The van der Waals surface area contributed by atoms with Crippen LogP contribution in [0.25, 0.3) is 0 Å². The number of nitrogens with two attached hydrogens (primary N) is 1. The van der Waals surface area contributed by atoms with E-state index in [0.717, 1.165) is 13.1 Å². The first-order valence-corrected chi connectivity index (χ1v) is 4.89. The molecule has 3 nitrogen and oxygen atoms in total. The van der Waals surface area contributed by atoms with Crippen LogP contribution >= 0.6 is 0 Å². The summed E-state index contributed by atoms with van der Waals surface area (Å²) in [6.45, 7) is 4.23. The van der Waals surface area contributed by atoms with Crippen LogP contribution in [0.15, 0.2) is 0 Å². The summed E-state index contributed by atoms with van der Waals surface area (Å²) in [6.07, 6.45) is 2.83. The summed E-state index contributed by atoms with van der Waals surface area (Å²) in [7, 11) is 2.21. The van der Waals surface area contributed by atoms with Crippen molar-refractivity contribution in [2.45, 2.75) is 18.9 Å². The van der Waals surface area contributed by atoms with Crippen LogP contribution < -0.4 is 11.1 Å². The fraction of sp³-hybridized carbons (Fsp3) is 1.00. The molecule has 3 heteroatoms. The lowest BCUT2D eigenvalue weighted by Crippen LogP contribution is -2.39. The van der Waals surface area contributed by atoms with Crippen LogP contribution in [0, 0.1) is 5.41 Å². The molecule has 2 rings (SSSR count). The van der Waals surface area contributed by atoms with E-state index in [4.69, 9.17) is 5.73 Å². The summed E-state index contributed by atoms with van der Waals surface area (Å²) in [6, 6.07) is 0.714. The highest BCUT2D eigenvalue weighted by atomic mass is 15.2. The maximum absolute atomic E-state index is 5.47. The number of likely N-dealkylation sites (N-methyl/N-ethyl adjacent to an activating group) is 1. The van der Waals surface area contributed by atoms with Crippen molar-refractivity contribution in [1.82, 2.24) is 10.2 Å². The summed E-state index contributed by atoms with van der Waals surface area (Å²) >= 11 is 0. The standard InChI is InChI=1S/C9H19N3/c1-12-6-8(11-5-4-10)9(7-12)2-3-9/h8,11H,2-7,10H2,1H3. The Bertz CT molecular complexity index is 165. The summed E-state index contributed by atoms with van der Waals surface area (Å²) in [5.74, 6) is 0. The van der Waals surface area contributed by atoms with Gasteiger partial charge >= 0.3 is 0 Å². The monoisotopic (exact) mass is 169 g/mol. The SMILES string of the molecule is CN1CC(NCCN)C2(CC2)C1. The first-order chi connectivity index (χ1) is 5.77. The van der Waals surface area contributed by atoms with Gasteiger partial charge in [-0.25, -0.2) is 0 Å². The molecule has 2 aliphatic rings. The molecule has 1 aliphatic carbocycles. The molecule has 1 heterocycles. The normalized spacial score (nSPS) is 33.0. The lowest BCUT2D eigenvalue weighted by Gasteiger charge is -2.17. The zero-order valence-electron chi connectivity index (χ0n) is 7.84. The van der Waals surface area contributed by atoms with Crippen molar-refractivity contribution in [2.24, 2.45) is 11.1 Å². The van der Waals surface area contributed by atoms with E-state index in [1.165, 1.54) is 25.9 Å². The molecule has 12 heavy (non-hydrogen) atoms. The predicted octanol–water partition coefficient (Wildman–Crippen LogP) is -0.371. The Morgan fingerprint density at radius 2 is 2.33 bits per heavy atom. The van der Waals surface area contributed by atoms with Gasteiger partial charge in [0.25, 0.3) is 0 Å². The minimum absolute atomic E-state index is 0.643. The van der Waals surface area contributed by atoms with E-state index < -0.39 is 0 Å². The van der Waals surface area contributed by atoms with Crippen LogP contribution in [-0.4, -0.2) is 44.2 Å². The van der Waals surface area contributed by atoms with Crippen LogP contribution in [0.2, 0.25) is 0 Å². The number of nitrogens with one attached hydrogen (secondary N) is 1. The first-order valence-electron chi connectivity index (χ1n) is 4.89. The number of rotatable bonds is 3. The van der Waals surface area contributed by atoms with Gasteiger partial charge in [0.1, 0.15) is 0 Å². The quantitative estimate of drug-likeness (QED) is 0.605. The minimum atomic E-state index is 0.643. The summed E-state index contributed by atoms with van der Waals surface area (Å²) in [5, 5.41) is 3.55. The van der Waals surface area contributed by atoms with E-state index in [2.05, 4.69) is 17.3 Å². The Morgan fingerprint density at radius 1 is 1.58 bits per heavy atom. The van der Waals surface area contributed by atoms with Gasteiger partial charge in [0.2, 0.25) is 0 Å². The maximum atomic E-state index is 5.47. The molecule has 1 unspecified atom stereocenters. The fourth-order valence-electron chi connectivity index (χ4n) is 2.42. The van der Waals surface area contributed by atoms with Gasteiger partial charge in [-0.3, -0.25) is 0 Å². The average Bonchev–Trinajstić information content (AvgIpc) is 2.70. The highest BCUT2D eigenvalue weighted by molar-refractivity contribution is 5.09. The summed E-state index contributed by atoms with van der Waals surface area (Å²) in [4.78, 5) is 2.43. The van der Waals surface area contributed by atoms with E-state index in [0.29, 0.717) is 11.5 Å². The minimum Gasteiger partial charge on any atom is -0.329 e. The molecular formula is C9H19N3. The Kier molecular flexibility index (Phi) is 2.10. The van der Waals surface area contributed by atoms with Crippen molar-refractivity contribution in [1.29, 1.82) is 0 Å². The molecule has 70 valence electrons. The van der Waals surface area contributed by atoms with Crippen molar-refractivity contribution < 1.29 is 0 Å². The smallest absolute Gasteiger partial charge is 0.0264 e. The van der Waals surface area contributed by atoms with Crippen LogP contribution in [0.1, 0.15) is 12.8 Å². The molecule has 0 amide bonds. The van der Waals surface area contributed by atoms with Crippen LogP contribution in [0.4, 0.5) is 0 Å². The van der Waals surface area contributed by atoms with E-state index in [-0.39, 0.29) is 0 Å². The third-order valence-electron chi connectivity index (χ3n) is 3.25. The van der Waals surface area contributed by atoms with Crippen molar-refractivity contribution >= 4 is 0 Å². The number of hydrogen-bond donors (Lipinski definition) is 2. The molecule has 1 saturated carbocycles. The lowest BCUT2D eigenvalue weighted by molar-refractivity contribution is 0.389. The third kappa shape index (κ3) is 1.37. The summed E-state index contributed by atoms with van der Waals surface area (Å²) < 4.78 is 0. The maximum Gasteiger partial charge on any atom is 0.0264 e. The van der Waals surface area contributed by atoms with Crippen molar-refractivity contribution in [2.75, 3.05) is 33.2 Å². The molecule has 1 spiro atoms. The summed E-state index contributed by atoms with van der Waals surface area (Å²) in [5.41, 5.74) is 6.12. The van der Waals surface area contributed by atoms with Gasteiger partial charge in [0, 0.05) is 32.2 Å². The van der Waals surface area contributed by atoms with Crippen molar-refractivity contribution in [3.05, 3.63) is 0 Å². The van der Waals surface area contributed by atoms with E-state index in [1.54, 1.807) is 0 Å². The van der Waals surface area contributed by atoms with Gasteiger partial charge in [0.15, 0.2) is 0 Å². The van der Waals surface area contributed by atoms with Gasteiger partial charge in [-0.2, -0.15) is 0 Å². The van der Waals surface area contributed by atoms with E-state index >= 15 is 0 Å². The average molecular weight is 169 g/mol. The molecule has 3 N–H and O–H groups in total. The molecule has 2 fully saturated rings. The molecule has 1 saturated heterocycles. The van der Waals surface area contributed by atoms with E-state index in [9.17, 15) is 0 Å². The Hall–Kier alpha value is -0.120. The van der Waals surface area contributed by atoms with Gasteiger partial charge in [-0.1, -0.05) is 0 Å². The highest BCUT2D eigenvalue weighted by Crippen LogP contribution is 2.52. The fourth-order valence-corrected chi connectivity index (χ4v) is 2.42. The second-order valence-corrected chi connectivity index (χ2v) is 4.35. The molecular weight excluding hydrogens is 150 g/mol.